The minimum absolute atomic E-state index is 0.0368. The second-order valence-corrected chi connectivity index (χ2v) is 5.77. The number of nitrogens with one attached hydrogen (secondary N) is 1. The van der Waals surface area contributed by atoms with Gasteiger partial charge in [-0.15, -0.1) is 0 Å². The van der Waals surface area contributed by atoms with Crippen molar-refractivity contribution in [2.75, 3.05) is 11.9 Å². The van der Waals surface area contributed by atoms with E-state index < -0.39 is 5.91 Å². The third-order valence-electron chi connectivity index (χ3n) is 3.87. The fourth-order valence-corrected chi connectivity index (χ4v) is 2.57. The maximum Gasteiger partial charge on any atom is 0.266 e. The van der Waals surface area contributed by atoms with Gasteiger partial charge in [-0.2, -0.15) is 5.26 Å². The van der Waals surface area contributed by atoms with Gasteiger partial charge < -0.3 is 14.6 Å². The molecule has 5 heteroatoms. The van der Waals surface area contributed by atoms with Crippen molar-refractivity contribution >= 4 is 17.7 Å². The first-order valence-electron chi connectivity index (χ1n) is 8.59. The third kappa shape index (κ3) is 4.65. The zero-order valence-electron chi connectivity index (χ0n) is 14.9. The van der Waals surface area contributed by atoms with Gasteiger partial charge in [0.1, 0.15) is 17.4 Å². The molecule has 0 aliphatic carbocycles. The fourth-order valence-electron chi connectivity index (χ4n) is 2.57. The van der Waals surface area contributed by atoms with Crippen molar-refractivity contribution in [3.63, 3.8) is 0 Å². The van der Waals surface area contributed by atoms with Crippen molar-refractivity contribution < 1.29 is 9.53 Å². The Morgan fingerprint density at radius 3 is 2.56 bits per heavy atom. The van der Waals surface area contributed by atoms with Gasteiger partial charge in [-0.25, -0.2) is 0 Å². The van der Waals surface area contributed by atoms with Crippen molar-refractivity contribution in [2.24, 2.45) is 0 Å². The number of benzene rings is 2. The summed E-state index contributed by atoms with van der Waals surface area (Å²) >= 11 is 0. The molecule has 1 aromatic heterocycles. The van der Waals surface area contributed by atoms with Gasteiger partial charge in [0, 0.05) is 23.8 Å². The Labute approximate surface area is 158 Å². The fraction of sp³-hybridized carbons (Fsp3) is 0.0909. The number of carbonyl (C=O) groups is 1. The van der Waals surface area contributed by atoms with E-state index in [-0.39, 0.29) is 5.57 Å². The first-order valence-corrected chi connectivity index (χ1v) is 8.59. The van der Waals surface area contributed by atoms with Gasteiger partial charge in [0.25, 0.3) is 5.91 Å². The monoisotopic (exact) mass is 357 g/mol. The molecule has 0 aliphatic heterocycles. The first-order chi connectivity index (χ1) is 13.2. The summed E-state index contributed by atoms with van der Waals surface area (Å²) in [5.41, 5.74) is 2.42. The van der Waals surface area contributed by atoms with Crippen molar-refractivity contribution in [1.82, 2.24) is 4.57 Å². The van der Waals surface area contributed by atoms with E-state index >= 15 is 0 Å². The van der Waals surface area contributed by atoms with Crippen LogP contribution in [0.25, 0.3) is 11.8 Å². The lowest BCUT2D eigenvalue weighted by molar-refractivity contribution is -0.112. The minimum atomic E-state index is -0.450. The lowest BCUT2D eigenvalue weighted by Crippen LogP contribution is -2.13. The Morgan fingerprint density at radius 2 is 1.89 bits per heavy atom. The number of anilines is 1. The van der Waals surface area contributed by atoms with E-state index in [2.05, 4.69) is 5.32 Å². The average Bonchev–Trinajstić information content (AvgIpc) is 3.17. The predicted molar refractivity (Wildman–Crippen MR) is 106 cm³/mol. The number of carbonyl (C=O) groups excluding carboxylic acids is 1. The highest BCUT2D eigenvalue weighted by Crippen LogP contribution is 2.17. The number of rotatable bonds is 6. The zero-order chi connectivity index (χ0) is 19.1. The van der Waals surface area contributed by atoms with Gasteiger partial charge in [-0.05, 0) is 61.0 Å². The molecule has 3 aromatic rings. The SMILES string of the molecule is CCOc1ccc(NC(=O)/C(C#N)=C/c2ccn(-c3ccccc3)c2)cc1. The number of ether oxygens (including phenoxy) is 1. The lowest BCUT2D eigenvalue weighted by Gasteiger charge is -2.06. The molecule has 0 aliphatic rings. The van der Waals surface area contributed by atoms with E-state index in [4.69, 9.17) is 4.74 Å². The molecule has 0 bridgehead atoms. The van der Waals surface area contributed by atoms with Gasteiger partial charge in [0.05, 0.1) is 6.61 Å². The molecule has 0 saturated carbocycles. The van der Waals surface area contributed by atoms with Crippen LogP contribution in [0.15, 0.2) is 78.6 Å². The van der Waals surface area contributed by atoms with Gasteiger partial charge in [-0.1, -0.05) is 18.2 Å². The highest BCUT2D eigenvalue weighted by atomic mass is 16.5. The standard InChI is InChI=1S/C22H19N3O2/c1-2-27-21-10-8-19(9-11-21)24-22(26)18(15-23)14-17-12-13-25(16-17)20-6-4-3-5-7-20/h3-14,16H,2H2,1H3,(H,24,26)/b18-14+. The first kappa shape index (κ1) is 18.0. The summed E-state index contributed by atoms with van der Waals surface area (Å²) in [7, 11) is 0. The van der Waals surface area contributed by atoms with Crippen molar-refractivity contribution in [3.05, 3.63) is 84.2 Å². The van der Waals surface area contributed by atoms with E-state index in [1.165, 1.54) is 0 Å². The Bertz CT molecular complexity index is 980. The molecule has 0 saturated heterocycles. The summed E-state index contributed by atoms with van der Waals surface area (Å²) in [6.07, 6.45) is 5.33. The van der Waals surface area contributed by atoms with Crippen LogP contribution in [-0.2, 0) is 4.79 Å². The summed E-state index contributed by atoms with van der Waals surface area (Å²) in [5.74, 6) is 0.280. The summed E-state index contributed by atoms with van der Waals surface area (Å²) in [4.78, 5) is 12.4. The van der Waals surface area contributed by atoms with E-state index in [0.29, 0.717) is 12.3 Å². The van der Waals surface area contributed by atoms with Crippen LogP contribution < -0.4 is 10.1 Å². The maximum absolute atomic E-state index is 12.4. The Balaban J connectivity index is 1.73. The van der Waals surface area contributed by atoms with Crippen LogP contribution in [0.1, 0.15) is 12.5 Å². The van der Waals surface area contributed by atoms with Crippen LogP contribution in [0.3, 0.4) is 0 Å². The Morgan fingerprint density at radius 1 is 1.15 bits per heavy atom. The lowest BCUT2D eigenvalue weighted by atomic mass is 10.2. The average molecular weight is 357 g/mol. The van der Waals surface area contributed by atoms with E-state index in [0.717, 1.165) is 17.0 Å². The molecular formula is C22H19N3O2. The second-order valence-electron chi connectivity index (χ2n) is 5.77. The van der Waals surface area contributed by atoms with Gasteiger partial charge in [0.2, 0.25) is 0 Å². The molecule has 0 fully saturated rings. The molecular weight excluding hydrogens is 338 g/mol. The van der Waals surface area contributed by atoms with Crippen LogP contribution in [0.2, 0.25) is 0 Å². The van der Waals surface area contributed by atoms with E-state index in [9.17, 15) is 10.1 Å². The van der Waals surface area contributed by atoms with Crippen LogP contribution in [0.5, 0.6) is 5.75 Å². The third-order valence-corrected chi connectivity index (χ3v) is 3.87. The molecule has 1 amide bonds. The number of aromatic nitrogens is 1. The van der Waals surface area contributed by atoms with E-state index in [1.807, 2.05) is 66.4 Å². The molecule has 3 rings (SSSR count). The predicted octanol–water partition coefficient (Wildman–Crippen LogP) is 4.42. The molecule has 2 aromatic carbocycles. The molecule has 0 radical (unpaired) electrons. The minimum Gasteiger partial charge on any atom is -0.494 e. The highest BCUT2D eigenvalue weighted by molar-refractivity contribution is 6.09. The normalized spacial score (nSPS) is 10.9. The summed E-state index contributed by atoms with van der Waals surface area (Å²) in [6, 6.07) is 20.7. The molecule has 134 valence electrons. The number of nitrogens with zero attached hydrogens (tertiary/aromatic N) is 2. The zero-order valence-corrected chi connectivity index (χ0v) is 14.9. The van der Waals surface area contributed by atoms with Crippen LogP contribution >= 0.6 is 0 Å². The quantitative estimate of drug-likeness (QED) is 0.524. The second kappa shape index (κ2) is 8.54. The van der Waals surface area contributed by atoms with Crippen LogP contribution in [0.4, 0.5) is 5.69 Å². The molecule has 0 unspecified atom stereocenters. The van der Waals surface area contributed by atoms with Gasteiger partial charge >= 0.3 is 0 Å². The smallest absolute Gasteiger partial charge is 0.266 e. The summed E-state index contributed by atoms with van der Waals surface area (Å²) < 4.78 is 7.31. The molecule has 1 heterocycles. The molecule has 0 atom stereocenters. The van der Waals surface area contributed by atoms with Gasteiger partial charge in [-0.3, -0.25) is 4.79 Å². The van der Waals surface area contributed by atoms with Gasteiger partial charge in [0.15, 0.2) is 0 Å². The number of hydrogen-bond donors (Lipinski definition) is 1. The van der Waals surface area contributed by atoms with E-state index in [1.54, 1.807) is 30.3 Å². The highest BCUT2D eigenvalue weighted by Gasteiger charge is 2.10. The topological polar surface area (TPSA) is 67.0 Å². The van der Waals surface area contributed by atoms with Crippen molar-refractivity contribution in [2.45, 2.75) is 6.92 Å². The molecule has 5 nitrogen and oxygen atoms in total. The summed E-state index contributed by atoms with van der Waals surface area (Å²) in [5, 5.41) is 12.1. The van der Waals surface area contributed by atoms with Crippen molar-refractivity contribution in [3.8, 4) is 17.5 Å². The van der Waals surface area contributed by atoms with Crippen LogP contribution in [0, 0.1) is 11.3 Å². The molecule has 0 spiro atoms. The summed E-state index contributed by atoms with van der Waals surface area (Å²) in [6.45, 7) is 2.49. The molecule has 27 heavy (non-hydrogen) atoms. The molecule has 1 N–H and O–H groups in total. The van der Waals surface area contributed by atoms with Crippen LogP contribution in [-0.4, -0.2) is 17.1 Å². The van der Waals surface area contributed by atoms with Crippen molar-refractivity contribution in [1.29, 1.82) is 5.26 Å². The Hall–Kier alpha value is -3.78. The number of para-hydroxylation sites is 1. The maximum atomic E-state index is 12.4. The Kier molecular flexibility index (Phi) is 5.70. The number of amides is 1. The number of nitriles is 1. The largest absolute Gasteiger partial charge is 0.494 e. The number of hydrogen-bond acceptors (Lipinski definition) is 3.